The van der Waals surface area contributed by atoms with Gasteiger partial charge < -0.3 is 14.3 Å². The van der Waals surface area contributed by atoms with Crippen LogP contribution in [0.1, 0.15) is 12.7 Å². The lowest BCUT2D eigenvalue weighted by Crippen LogP contribution is -2.48. The summed E-state index contributed by atoms with van der Waals surface area (Å²) in [7, 11) is 0. The average Bonchev–Trinajstić information content (AvgIpc) is 2.97. The Morgan fingerprint density at radius 2 is 1.96 bits per heavy atom. The lowest BCUT2D eigenvalue weighted by molar-refractivity contribution is -0.0819. The van der Waals surface area contributed by atoms with Crippen LogP contribution in [0.25, 0.3) is 11.3 Å². The zero-order valence-corrected chi connectivity index (χ0v) is 12.8. The number of ether oxygens (including phenoxy) is 1. The van der Waals surface area contributed by atoms with Crippen LogP contribution in [0.4, 0.5) is 8.78 Å². The molecular weight excluding hydrogens is 304 g/mol. The number of hydrogen-bond donors (Lipinski definition) is 1. The van der Waals surface area contributed by atoms with E-state index in [1.54, 1.807) is 12.1 Å². The molecule has 1 aromatic carbocycles. The molecule has 2 unspecified atom stereocenters. The maximum absolute atomic E-state index is 13.8. The van der Waals surface area contributed by atoms with Gasteiger partial charge in [0.2, 0.25) is 0 Å². The number of nitrogens with zero attached hydrogens (tertiary/aromatic N) is 1. The molecule has 1 aliphatic heterocycles. The summed E-state index contributed by atoms with van der Waals surface area (Å²) in [5.74, 6) is -0.500. The van der Waals surface area contributed by atoms with Crippen molar-refractivity contribution in [1.82, 2.24) is 4.90 Å². The zero-order valence-electron chi connectivity index (χ0n) is 12.8. The standard InChI is InChI=1S/C17H19F2NO3/c1-11-10-22-13(9-21)8-20(11)7-12-5-6-16(23-12)17-14(18)3-2-4-15(17)19/h2-6,11,13,21H,7-10H2,1H3. The molecule has 0 bridgehead atoms. The first-order chi connectivity index (χ1) is 11.1. The molecule has 0 aliphatic carbocycles. The van der Waals surface area contributed by atoms with Gasteiger partial charge >= 0.3 is 0 Å². The minimum Gasteiger partial charge on any atom is -0.460 e. The summed E-state index contributed by atoms with van der Waals surface area (Å²) in [5.41, 5.74) is -0.151. The molecule has 0 spiro atoms. The highest BCUT2D eigenvalue weighted by Gasteiger charge is 2.26. The molecule has 124 valence electrons. The van der Waals surface area contributed by atoms with E-state index >= 15 is 0 Å². The minimum absolute atomic E-state index is 0.0347. The first-order valence-electron chi connectivity index (χ1n) is 7.58. The topological polar surface area (TPSA) is 45.8 Å². The second kappa shape index (κ2) is 6.78. The highest BCUT2D eigenvalue weighted by atomic mass is 19.1. The summed E-state index contributed by atoms with van der Waals surface area (Å²) in [6.07, 6.45) is -0.218. The fraction of sp³-hybridized carbons (Fsp3) is 0.412. The smallest absolute Gasteiger partial charge is 0.140 e. The van der Waals surface area contributed by atoms with E-state index < -0.39 is 11.6 Å². The Morgan fingerprint density at radius 3 is 2.65 bits per heavy atom. The quantitative estimate of drug-likeness (QED) is 0.940. The Bertz CT molecular complexity index is 653. The van der Waals surface area contributed by atoms with Gasteiger partial charge in [-0.3, -0.25) is 4.90 Å². The fourth-order valence-electron chi connectivity index (χ4n) is 2.74. The van der Waals surface area contributed by atoms with Crippen LogP contribution < -0.4 is 0 Å². The monoisotopic (exact) mass is 323 g/mol. The third kappa shape index (κ3) is 3.44. The summed E-state index contributed by atoms with van der Waals surface area (Å²) in [4.78, 5) is 2.12. The van der Waals surface area contributed by atoms with Gasteiger partial charge in [-0.15, -0.1) is 0 Å². The fourth-order valence-corrected chi connectivity index (χ4v) is 2.74. The minimum atomic E-state index is -0.647. The molecule has 0 saturated carbocycles. The molecule has 0 radical (unpaired) electrons. The van der Waals surface area contributed by atoms with Gasteiger partial charge in [0, 0.05) is 12.6 Å². The molecule has 2 aromatic rings. The van der Waals surface area contributed by atoms with Crippen LogP contribution in [0.3, 0.4) is 0 Å². The van der Waals surface area contributed by atoms with Crippen molar-refractivity contribution in [2.24, 2.45) is 0 Å². The van der Waals surface area contributed by atoms with E-state index in [0.717, 1.165) is 0 Å². The predicted octanol–water partition coefficient (Wildman–Crippen LogP) is 2.81. The number of rotatable bonds is 4. The SMILES string of the molecule is CC1COC(CO)CN1Cc1ccc(-c2c(F)cccc2F)o1. The van der Waals surface area contributed by atoms with Crippen molar-refractivity contribution in [1.29, 1.82) is 0 Å². The van der Waals surface area contributed by atoms with E-state index in [1.807, 2.05) is 6.92 Å². The molecular formula is C17H19F2NO3. The van der Waals surface area contributed by atoms with E-state index in [1.165, 1.54) is 18.2 Å². The highest BCUT2D eigenvalue weighted by molar-refractivity contribution is 5.59. The van der Waals surface area contributed by atoms with Crippen molar-refractivity contribution in [2.75, 3.05) is 19.8 Å². The van der Waals surface area contributed by atoms with Gasteiger partial charge in [-0.05, 0) is 31.2 Å². The number of aliphatic hydroxyl groups excluding tert-OH is 1. The molecule has 2 heterocycles. The van der Waals surface area contributed by atoms with Crippen molar-refractivity contribution in [3.63, 3.8) is 0 Å². The number of halogens is 2. The molecule has 1 fully saturated rings. The third-order valence-corrected chi connectivity index (χ3v) is 4.07. The zero-order chi connectivity index (χ0) is 16.4. The molecule has 1 N–H and O–H groups in total. The predicted molar refractivity (Wildman–Crippen MR) is 80.8 cm³/mol. The van der Waals surface area contributed by atoms with Crippen molar-refractivity contribution < 1.29 is 23.0 Å². The largest absolute Gasteiger partial charge is 0.460 e. The van der Waals surface area contributed by atoms with Crippen LogP contribution in [0.15, 0.2) is 34.7 Å². The molecule has 6 heteroatoms. The maximum Gasteiger partial charge on any atom is 0.140 e. The Kier molecular flexibility index (Phi) is 4.75. The first kappa shape index (κ1) is 16.1. The third-order valence-electron chi connectivity index (χ3n) is 4.07. The number of furan rings is 1. The number of morpholine rings is 1. The lowest BCUT2D eigenvalue weighted by Gasteiger charge is -2.36. The van der Waals surface area contributed by atoms with Crippen LogP contribution >= 0.6 is 0 Å². The van der Waals surface area contributed by atoms with E-state index in [4.69, 9.17) is 9.15 Å². The van der Waals surface area contributed by atoms with Crippen LogP contribution in [0.5, 0.6) is 0 Å². The van der Waals surface area contributed by atoms with Crippen LogP contribution in [-0.4, -0.2) is 41.9 Å². The summed E-state index contributed by atoms with van der Waals surface area (Å²) >= 11 is 0. The van der Waals surface area contributed by atoms with E-state index in [9.17, 15) is 13.9 Å². The number of benzene rings is 1. The van der Waals surface area contributed by atoms with Gasteiger partial charge in [-0.1, -0.05) is 6.07 Å². The highest BCUT2D eigenvalue weighted by Crippen LogP contribution is 2.28. The molecule has 23 heavy (non-hydrogen) atoms. The van der Waals surface area contributed by atoms with Crippen LogP contribution in [0, 0.1) is 11.6 Å². The molecule has 3 rings (SSSR count). The molecule has 1 aromatic heterocycles. The second-order valence-corrected chi connectivity index (χ2v) is 5.78. The van der Waals surface area contributed by atoms with Crippen molar-refractivity contribution in [3.8, 4) is 11.3 Å². The molecule has 1 aliphatic rings. The van der Waals surface area contributed by atoms with Crippen molar-refractivity contribution >= 4 is 0 Å². The Labute approximate surface area is 133 Å². The average molecular weight is 323 g/mol. The van der Waals surface area contributed by atoms with E-state index in [-0.39, 0.29) is 30.1 Å². The Hall–Kier alpha value is -1.76. The normalized spacial score (nSPS) is 22.4. The van der Waals surface area contributed by atoms with Gasteiger partial charge in [-0.2, -0.15) is 0 Å². The summed E-state index contributed by atoms with van der Waals surface area (Å²) in [6.45, 7) is 3.60. The Morgan fingerprint density at radius 1 is 1.22 bits per heavy atom. The van der Waals surface area contributed by atoms with Gasteiger partial charge in [0.1, 0.15) is 23.2 Å². The van der Waals surface area contributed by atoms with Gasteiger partial charge in [-0.25, -0.2) is 8.78 Å². The molecule has 2 atom stereocenters. The second-order valence-electron chi connectivity index (χ2n) is 5.78. The first-order valence-corrected chi connectivity index (χ1v) is 7.58. The van der Waals surface area contributed by atoms with Crippen molar-refractivity contribution in [2.45, 2.75) is 25.6 Å². The van der Waals surface area contributed by atoms with E-state index in [0.29, 0.717) is 25.5 Å². The van der Waals surface area contributed by atoms with Gasteiger partial charge in [0.05, 0.1) is 31.4 Å². The summed E-state index contributed by atoms with van der Waals surface area (Å²) < 4.78 is 38.7. The Balaban J connectivity index is 1.77. The molecule has 4 nitrogen and oxygen atoms in total. The number of aliphatic hydroxyl groups is 1. The molecule has 0 amide bonds. The van der Waals surface area contributed by atoms with E-state index in [2.05, 4.69) is 4.90 Å². The molecule has 1 saturated heterocycles. The van der Waals surface area contributed by atoms with Crippen LogP contribution in [0.2, 0.25) is 0 Å². The number of hydrogen-bond acceptors (Lipinski definition) is 4. The lowest BCUT2D eigenvalue weighted by atomic mass is 10.1. The van der Waals surface area contributed by atoms with Gasteiger partial charge in [0.25, 0.3) is 0 Å². The summed E-state index contributed by atoms with van der Waals surface area (Å²) in [5, 5.41) is 9.22. The van der Waals surface area contributed by atoms with Gasteiger partial charge in [0.15, 0.2) is 0 Å². The summed E-state index contributed by atoms with van der Waals surface area (Å²) in [6, 6.07) is 7.20. The van der Waals surface area contributed by atoms with Crippen LogP contribution in [-0.2, 0) is 11.3 Å². The van der Waals surface area contributed by atoms with Crippen molar-refractivity contribution in [3.05, 3.63) is 47.7 Å². The maximum atomic E-state index is 13.8.